The molecule has 0 bridgehead atoms. The van der Waals surface area contributed by atoms with Crippen LogP contribution in [-0.2, 0) is 22.6 Å². The highest BCUT2D eigenvalue weighted by atomic mass is 16.6. The molecule has 112 valence electrons. The minimum absolute atomic E-state index is 0.0374. The molecule has 1 aromatic carbocycles. The summed E-state index contributed by atoms with van der Waals surface area (Å²) in [4.78, 5) is 21.9. The number of nitrogens with zero attached hydrogens (tertiary/aromatic N) is 2. The van der Waals surface area contributed by atoms with Crippen molar-refractivity contribution in [1.29, 1.82) is 5.26 Å². The molecule has 7 heteroatoms. The Bertz CT molecular complexity index is 686. The number of carbonyl (C=O) groups excluding carboxylic acids is 1. The lowest BCUT2D eigenvalue weighted by molar-refractivity contribution is -0.384. The highest BCUT2D eigenvalue weighted by molar-refractivity contribution is 5.75. The first-order chi connectivity index (χ1) is 10.6. The molecule has 0 saturated heterocycles. The van der Waals surface area contributed by atoms with Crippen LogP contribution in [0.2, 0.25) is 0 Å². The molecule has 0 N–H and O–H groups in total. The number of rotatable bonds is 6. The van der Waals surface area contributed by atoms with Gasteiger partial charge >= 0.3 is 5.97 Å². The van der Waals surface area contributed by atoms with Crippen molar-refractivity contribution in [3.8, 4) is 6.07 Å². The van der Waals surface area contributed by atoms with Crippen molar-refractivity contribution < 1.29 is 18.9 Å². The molecule has 0 aliphatic carbocycles. The number of nitro benzene ring substituents is 1. The summed E-state index contributed by atoms with van der Waals surface area (Å²) in [6.07, 6.45) is 1.59. The Labute approximate surface area is 125 Å². The molecule has 0 aliphatic rings. The zero-order valence-electron chi connectivity index (χ0n) is 11.5. The van der Waals surface area contributed by atoms with Crippen LogP contribution in [0.3, 0.4) is 0 Å². The van der Waals surface area contributed by atoms with Gasteiger partial charge in [-0.15, -0.1) is 0 Å². The molecular weight excluding hydrogens is 288 g/mol. The maximum absolute atomic E-state index is 11.9. The van der Waals surface area contributed by atoms with E-state index >= 15 is 0 Å². The molecule has 2 rings (SSSR count). The summed E-state index contributed by atoms with van der Waals surface area (Å²) in [5.41, 5.74) is 0.602. The zero-order valence-corrected chi connectivity index (χ0v) is 11.5. The summed E-state index contributed by atoms with van der Waals surface area (Å²) in [6.45, 7) is -0.0374. The SMILES string of the molecule is N#CC(Cc1ccc([N+](=O)[O-])cc1)C(=O)OCc1ccco1. The van der Waals surface area contributed by atoms with Gasteiger partial charge in [-0.3, -0.25) is 14.9 Å². The van der Waals surface area contributed by atoms with E-state index in [9.17, 15) is 14.9 Å². The van der Waals surface area contributed by atoms with Gasteiger partial charge in [0.05, 0.1) is 17.3 Å². The van der Waals surface area contributed by atoms with Gasteiger partial charge in [0.15, 0.2) is 0 Å². The van der Waals surface area contributed by atoms with Crippen molar-refractivity contribution in [2.75, 3.05) is 0 Å². The number of non-ortho nitro benzene ring substituents is 1. The highest BCUT2D eigenvalue weighted by Gasteiger charge is 2.21. The summed E-state index contributed by atoms with van der Waals surface area (Å²) < 4.78 is 10.0. The second-order valence-electron chi connectivity index (χ2n) is 4.50. The summed E-state index contributed by atoms with van der Waals surface area (Å²) in [6, 6.07) is 10.9. The molecule has 0 saturated carbocycles. The van der Waals surface area contributed by atoms with Crippen LogP contribution in [0.4, 0.5) is 5.69 Å². The molecule has 1 atom stereocenters. The highest BCUT2D eigenvalue weighted by Crippen LogP contribution is 2.16. The van der Waals surface area contributed by atoms with Crippen molar-refractivity contribution >= 4 is 11.7 Å². The number of hydrogen-bond acceptors (Lipinski definition) is 6. The fourth-order valence-corrected chi connectivity index (χ4v) is 1.81. The predicted molar refractivity (Wildman–Crippen MR) is 74.4 cm³/mol. The molecular formula is C15H12N2O5. The van der Waals surface area contributed by atoms with Crippen molar-refractivity contribution in [2.45, 2.75) is 13.0 Å². The summed E-state index contributed by atoms with van der Waals surface area (Å²) in [7, 11) is 0. The normalized spacial score (nSPS) is 11.4. The number of esters is 1. The summed E-state index contributed by atoms with van der Waals surface area (Å²) in [5.74, 6) is -1.14. The average molecular weight is 300 g/mol. The third kappa shape index (κ3) is 3.93. The van der Waals surface area contributed by atoms with E-state index in [0.717, 1.165) is 0 Å². The van der Waals surface area contributed by atoms with Gasteiger partial charge in [0.25, 0.3) is 5.69 Å². The summed E-state index contributed by atoms with van der Waals surface area (Å²) >= 11 is 0. The quantitative estimate of drug-likeness (QED) is 0.461. The van der Waals surface area contributed by atoms with E-state index < -0.39 is 16.8 Å². The smallest absolute Gasteiger partial charge is 0.324 e. The Balaban J connectivity index is 1.94. The fraction of sp³-hybridized carbons (Fsp3) is 0.200. The number of furan rings is 1. The van der Waals surface area contributed by atoms with Crippen molar-refractivity contribution in [3.05, 3.63) is 64.1 Å². The monoisotopic (exact) mass is 300 g/mol. The Morgan fingerprint density at radius 3 is 2.64 bits per heavy atom. The van der Waals surface area contributed by atoms with E-state index in [1.165, 1.54) is 30.5 Å². The van der Waals surface area contributed by atoms with Crippen LogP contribution in [0.15, 0.2) is 47.1 Å². The first-order valence-electron chi connectivity index (χ1n) is 6.42. The zero-order chi connectivity index (χ0) is 15.9. The second-order valence-corrected chi connectivity index (χ2v) is 4.50. The fourth-order valence-electron chi connectivity index (χ4n) is 1.81. The van der Waals surface area contributed by atoms with Crippen molar-refractivity contribution in [2.24, 2.45) is 5.92 Å². The lowest BCUT2D eigenvalue weighted by atomic mass is 10.0. The van der Waals surface area contributed by atoms with Crippen LogP contribution in [0.5, 0.6) is 0 Å². The third-order valence-electron chi connectivity index (χ3n) is 2.96. The van der Waals surface area contributed by atoms with Crippen LogP contribution in [-0.4, -0.2) is 10.9 Å². The molecule has 0 aliphatic heterocycles. The molecule has 1 aromatic heterocycles. The Morgan fingerprint density at radius 1 is 1.36 bits per heavy atom. The molecule has 1 heterocycles. The van der Waals surface area contributed by atoms with Crippen LogP contribution in [0, 0.1) is 27.4 Å². The van der Waals surface area contributed by atoms with E-state index in [-0.39, 0.29) is 18.7 Å². The minimum atomic E-state index is -0.976. The Hall–Kier alpha value is -3.14. The molecule has 1 unspecified atom stereocenters. The standard InChI is InChI=1S/C15H12N2O5/c16-9-12(15(18)22-10-14-2-1-7-21-14)8-11-3-5-13(6-4-11)17(19)20/h1-7,12H,8,10H2. The maximum atomic E-state index is 11.9. The van der Waals surface area contributed by atoms with E-state index in [4.69, 9.17) is 14.4 Å². The predicted octanol–water partition coefficient (Wildman–Crippen LogP) is 2.61. The number of benzene rings is 1. The van der Waals surface area contributed by atoms with Crippen LogP contribution < -0.4 is 0 Å². The molecule has 0 amide bonds. The third-order valence-corrected chi connectivity index (χ3v) is 2.96. The van der Waals surface area contributed by atoms with Gasteiger partial charge in [-0.2, -0.15) is 5.26 Å². The number of ether oxygens (including phenoxy) is 1. The van der Waals surface area contributed by atoms with Crippen LogP contribution in [0.1, 0.15) is 11.3 Å². The Morgan fingerprint density at radius 2 is 2.09 bits per heavy atom. The lowest BCUT2D eigenvalue weighted by Crippen LogP contribution is -2.18. The lowest BCUT2D eigenvalue weighted by Gasteiger charge is -2.08. The van der Waals surface area contributed by atoms with Crippen LogP contribution >= 0.6 is 0 Å². The van der Waals surface area contributed by atoms with Crippen molar-refractivity contribution in [3.63, 3.8) is 0 Å². The second kappa shape index (κ2) is 7.04. The van der Waals surface area contributed by atoms with Crippen molar-refractivity contribution in [1.82, 2.24) is 0 Å². The van der Waals surface area contributed by atoms with Gasteiger partial charge in [-0.05, 0) is 24.1 Å². The van der Waals surface area contributed by atoms with Gasteiger partial charge < -0.3 is 9.15 Å². The van der Waals surface area contributed by atoms with E-state index in [0.29, 0.717) is 11.3 Å². The molecule has 0 fully saturated rings. The van der Waals surface area contributed by atoms with E-state index in [1.807, 2.05) is 6.07 Å². The molecule has 22 heavy (non-hydrogen) atoms. The molecule has 0 spiro atoms. The first kappa shape index (κ1) is 15.3. The Kier molecular flexibility index (Phi) is 4.88. The van der Waals surface area contributed by atoms with E-state index in [2.05, 4.69) is 0 Å². The van der Waals surface area contributed by atoms with Gasteiger partial charge in [0, 0.05) is 12.1 Å². The van der Waals surface area contributed by atoms with Gasteiger partial charge in [0.1, 0.15) is 18.3 Å². The average Bonchev–Trinajstić information content (AvgIpc) is 3.04. The number of hydrogen-bond donors (Lipinski definition) is 0. The summed E-state index contributed by atoms with van der Waals surface area (Å²) in [5, 5.41) is 19.6. The number of nitro groups is 1. The molecule has 0 radical (unpaired) electrons. The minimum Gasteiger partial charge on any atom is -0.466 e. The number of nitriles is 1. The van der Waals surface area contributed by atoms with Gasteiger partial charge in [-0.25, -0.2) is 0 Å². The molecule has 7 nitrogen and oxygen atoms in total. The van der Waals surface area contributed by atoms with E-state index in [1.54, 1.807) is 12.1 Å². The molecule has 2 aromatic rings. The largest absolute Gasteiger partial charge is 0.466 e. The van der Waals surface area contributed by atoms with Gasteiger partial charge in [-0.1, -0.05) is 12.1 Å². The van der Waals surface area contributed by atoms with Gasteiger partial charge in [0.2, 0.25) is 0 Å². The number of carbonyl (C=O) groups is 1. The van der Waals surface area contributed by atoms with Crippen LogP contribution in [0.25, 0.3) is 0 Å². The topological polar surface area (TPSA) is 106 Å². The first-order valence-corrected chi connectivity index (χ1v) is 6.42. The maximum Gasteiger partial charge on any atom is 0.324 e.